The van der Waals surface area contributed by atoms with Gasteiger partial charge in [-0.05, 0) is 61.7 Å². The second-order valence-corrected chi connectivity index (χ2v) is 8.87. The highest BCUT2D eigenvalue weighted by atomic mass is 14.8. The molecule has 0 aliphatic carbocycles. The number of pyridine rings is 2. The summed E-state index contributed by atoms with van der Waals surface area (Å²) >= 11 is 0. The quantitative estimate of drug-likeness (QED) is 0.277. The van der Waals surface area contributed by atoms with Gasteiger partial charge in [0.05, 0.1) is 28.7 Å². The summed E-state index contributed by atoms with van der Waals surface area (Å²) in [7, 11) is 0. The van der Waals surface area contributed by atoms with E-state index in [2.05, 4.69) is 118 Å². The summed E-state index contributed by atoms with van der Waals surface area (Å²) in [5.74, 6) is -0.0621. The average Bonchev–Trinajstić information content (AvgIpc) is 2.87. The predicted molar refractivity (Wildman–Crippen MR) is 141 cm³/mol. The molecule has 2 heteroatoms. The smallest absolute Gasteiger partial charge is 0.0705 e. The summed E-state index contributed by atoms with van der Waals surface area (Å²) in [6.45, 7) is 6.55. The lowest BCUT2D eigenvalue weighted by molar-refractivity contribution is 0.861. The van der Waals surface area contributed by atoms with Gasteiger partial charge in [0.15, 0.2) is 0 Å². The van der Waals surface area contributed by atoms with Gasteiger partial charge in [0.2, 0.25) is 0 Å². The Bertz CT molecular complexity index is 1320. The summed E-state index contributed by atoms with van der Waals surface area (Å²) < 4.78 is 0. The van der Waals surface area contributed by atoms with Gasteiger partial charge in [-0.25, -0.2) is 0 Å². The Morgan fingerprint density at radius 2 is 0.941 bits per heavy atom. The largest absolute Gasteiger partial charge is 0.252 e. The molecule has 0 amide bonds. The maximum Gasteiger partial charge on any atom is 0.0705 e. The Kier molecular flexibility index (Phi) is 6.05. The molecule has 0 aliphatic heterocycles. The Morgan fingerprint density at radius 1 is 0.500 bits per heavy atom. The second-order valence-electron chi connectivity index (χ2n) is 8.87. The molecule has 34 heavy (non-hydrogen) atoms. The first-order valence-electron chi connectivity index (χ1n) is 11.7. The molecular weight excluding hydrogens is 412 g/mol. The zero-order chi connectivity index (χ0) is 23.5. The van der Waals surface area contributed by atoms with E-state index in [9.17, 15) is 0 Å². The van der Waals surface area contributed by atoms with E-state index in [1.54, 1.807) is 0 Å². The highest BCUT2D eigenvalue weighted by molar-refractivity contribution is 5.61. The molecule has 5 aromatic rings. The first-order chi connectivity index (χ1) is 16.6. The first-order valence-corrected chi connectivity index (χ1v) is 11.7. The molecule has 0 saturated carbocycles. The van der Waals surface area contributed by atoms with Crippen LogP contribution in [-0.4, -0.2) is 9.97 Å². The SMILES string of the molecule is Cc1cc(C)c(C(c2cccc(-c3ccccc3)n2)c2cccc(-c3ccccc3)n2)c(C)c1. The van der Waals surface area contributed by atoms with E-state index >= 15 is 0 Å². The van der Waals surface area contributed by atoms with Gasteiger partial charge in [-0.15, -0.1) is 0 Å². The zero-order valence-electron chi connectivity index (χ0n) is 19.9. The van der Waals surface area contributed by atoms with E-state index in [0.29, 0.717) is 0 Å². The van der Waals surface area contributed by atoms with Crippen LogP contribution in [0.5, 0.6) is 0 Å². The predicted octanol–water partition coefficient (Wildman–Crippen LogP) is 7.92. The molecule has 2 aromatic heterocycles. The maximum absolute atomic E-state index is 5.16. The van der Waals surface area contributed by atoms with E-state index < -0.39 is 0 Å². The van der Waals surface area contributed by atoms with Gasteiger partial charge in [-0.3, -0.25) is 9.97 Å². The lowest BCUT2D eigenvalue weighted by atomic mass is 9.84. The molecule has 0 aliphatic rings. The highest BCUT2D eigenvalue weighted by Crippen LogP contribution is 2.36. The van der Waals surface area contributed by atoms with Gasteiger partial charge in [0, 0.05) is 11.1 Å². The van der Waals surface area contributed by atoms with Crippen molar-refractivity contribution in [3.05, 3.63) is 143 Å². The lowest BCUT2D eigenvalue weighted by Gasteiger charge is -2.23. The standard InChI is InChI=1S/C32H28N2/c1-22-20-23(2)31(24(3)21-22)32(29-18-10-16-27(33-29)25-12-6-4-7-13-25)30-19-11-17-28(34-30)26-14-8-5-9-15-26/h4-21,32H,1-3H3. The van der Waals surface area contributed by atoms with E-state index in [4.69, 9.17) is 9.97 Å². The number of nitrogens with zero attached hydrogens (tertiary/aromatic N) is 2. The molecule has 2 nitrogen and oxygen atoms in total. The van der Waals surface area contributed by atoms with Crippen molar-refractivity contribution in [1.82, 2.24) is 9.97 Å². The monoisotopic (exact) mass is 440 g/mol. The van der Waals surface area contributed by atoms with Crippen LogP contribution in [0, 0.1) is 20.8 Å². The number of aryl methyl sites for hydroxylation is 3. The van der Waals surface area contributed by atoms with Gasteiger partial charge in [0.25, 0.3) is 0 Å². The number of hydrogen-bond donors (Lipinski definition) is 0. The minimum absolute atomic E-state index is 0.0621. The van der Waals surface area contributed by atoms with E-state index in [0.717, 1.165) is 33.9 Å². The molecule has 0 N–H and O–H groups in total. The number of rotatable bonds is 5. The fraction of sp³-hybridized carbons (Fsp3) is 0.125. The Balaban J connectivity index is 1.71. The van der Waals surface area contributed by atoms with Crippen molar-refractivity contribution in [3.63, 3.8) is 0 Å². The van der Waals surface area contributed by atoms with Crippen molar-refractivity contribution in [1.29, 1.82) is 0 Å². The molecule has 2 heterocycles. The third-order valence-electron chi connectivity index (χ3n) is 6.30. The summed E-state index contributed by atoms with van der Waals surface area (Å²) in [6, 6.07) is 37.9. The fourth-order valence-electron chi connectivity index (χ4n) is 4.86. The van der Waals surface area contributed by atoms with Gasteiger partial charge >= 0.3 is 0 Å². The van der Waals surface area contributed by atoms with Gasteiger partial charge < -0.3 is 0 Å². The van der Waals surface area contributed by atoms with Crippen molar-refractivity contribution in [2.45, 2.75) is 26.7 Å². The summed E-state index contributed by atoms with van der Waals surface area (Å²) in [5, 5.41) is 0. The van der Waals surface area contributed by atoms with Crippen LogP contribution in [-0.2, 0) is 0 Å². The third kappa shape index (κ3) is 4.40. The molecule has 0 atom stereocenters. The van der Waals surface area contributed by atoms with Crippen LogP contribution in [0.4, 0.5) is 0 Å². The topological polar surface area (TPSA) is 25.8 Å². The molecular formula is C32H28N2. The fourth-order valence-corrected chi connectivity index (χ4v) is 4.86. The lowest BCUT2D eigenvalue weighted by Crippen LogP contribution is -2.12. The van der Waals surface area contributed by atoms with Crippen LogP contribution >= 0.6 is 0 Å². The summed E-state index contributed by atoms with van der Waals surface area (Å²) in [6.07, 6.45) is 0. The molecule has 0 bridgehead atoms. The number of hydrogen-bond acceptors (Lipinski definition) is 2. The van der Waals surface area contributed by atoms with Crippen LogP contribution < -0.4 is 0 Å². The van der Waals surface area contributed by atoms with Crippen molar-refractivity contribution >= 4 is 0 Å². The van der Waals surface area contributed by atoms with Crippen LogP contribution in [0.1, 0.15) is 39.6 Å². The first kappa shape index (κ1) is 21.8. The third-order valence-corrected chi connectivity index (χ3v) is 6.30. The summed E-state index contributed by atoms with van der Waals surface area (Å²) in [4.78, 5) is 10.3. The minimum atomic E-state index is -0.0621. The Hall–Kier alpha value is -4.04. The molecule has 0 saturated heterocycles. The van der Waals surface area contributed by atoms with Crippen molar-refractivity contribution in [2.75, 3.05) is 0 Å². The second kappa shape index (κ2) is 9.44. The molecule has 0 spiro atoms. The maximum atomic E-state index is 5.16. The van der Waals surface area contributed by atoms with E-state index in [1.807, 2.05) is 12.1 Å². The highest BCUT2D eigenvalue weighted by Gasteiger charge is 2.24. The zero-order valence-corrected chi connectivity index (χ0v) is 19.9. The molecule has 3 aromatic carbocycles. The van der Waals surface area contributed by atoms with E-state index in [1.165, 1.54) is 22.3 Å². The Labute approximate surface area is 202 Å². The minimum Gasteiger partial charge on any atom is -0.252 e. The molecule has 166 valence electrons. The van der Waals surface area contributed by atoms with Gasteiger partial charge in [-0.2, -0.15) is 0 Å². The van der Waals surface area contributed by atoms with E-state index in [-0.39, 0.29) is 5.92 Å². The average molecular weight is 441 g/mol. The molecule has 0 unspecified atom stereocenters. The van der Waals surface area contributed by atoms with Gasteiger partial charge in [0.1, 0.15) is 0 Å². The van der Waals surface area contributed by atoms with Gasteiger partial charge in [-0.1, -0.05) is 90.5 Å². The van der Waals surface area contributed by atoms with Crippen molar-refractivity contribution in [2.24, 2.45) is 0 Å². The Morgan fingerprint density at radius 3 is 1.38 bits per heavy atom. The molecule has 5 rings (SSSR count). The van der Waals surface area contributed by atoms with Crippen molar-refractivity contribution in [3.8, 4) is 22.5 Å². The molecule has 0 radical (unpaired) electrons. The molecule has 0 fully saturated rings. The van der Waals surface area contributed by atoms with Crippen molar-refractivity contribution < 1.29 is 0 Å². The van der Waals surface area contributed by atoms with Crippen LogP contribution in [0.3, 0.4) is 0 Å². The van der Waals surface area contributed by atoms with Crippen LogP contribution in [0.15, 0.2) is 109 Å². The number of aromatic nitrogens is 2. The van der Waals surface area contributed by atoms with Crippen LogP contribution in [0.25, 0.3) is 22.5 Å². The number of benzene rings is 3. The summed E-state index contributed by atoms with van der Waals surface area (Å²) in [5.41, 5.74) is 11.3. The normalized spacial score (nSPS) is 11.1. The van der Waals surface area contributed by atoms with Crippen LogP contribution in [0.2, 0.25) is 0 Å².